The van der Waals surface area contributed by atoms with Gasteiger partial charge in [-0.25, -0.2) is 9.97 Å². The van der Waals surface area contributed by atoms with Crippen molar-refractivity contribution in [2.45, 2.75) is 0 Å². The Labute approximate surface area is 147 Å². The first-order chi connectivity index (χ1) is 11.8. The highest BCUT2D eigenvalue weighted by molar-refractivity contribution is 7.15. The number of benzene rings is 2. The molecule has 116 valence electrons. The first-order valence-corrected chi connectivity index (χ1v) is 9.14. The lowest BCUT2D eigenvalue weighted by atomic mass is 10.2. The predicted molar refractivity (Wildman–Crippen MR) is 98.5 cm³/mol. The molecule has 0 spiro atoms. The van der Waals surface area contributed by atoms with E-state index in [4.69, 9.17) is 0 Å². The van der Waals surface area contributed by atoms with Gasteiger partial charge in [0.1, 0.15) is 0 Å². The largest absolute Gasteiger partial charge is 0.283 e. The van der Waals surface area contributed by atoms with Crippen molar-refractivity contribution in [2.24, 2.45) is 0 Å². The van der Waals surface area contributed by atoms with Crippen molar-refractivity contribution in [3.8, 4) is 22.5 Å². The average molecular weight is 348 g/mol. The van der Waals surface area contributed by atoms with E-state index in [0.29, 0.717) is 10.0 Å². The number of hydrogen-bond acceptors (Lipinski definition) is 5. The summed E-state index contributed by atoms with van der Waals surface area (Å²) in [5, 5.41) is 4.77. The fourth-order valence-corrected chi connectivity index (χ4v) is 3.93. The molecule has 0 N–H and O–H groups in total. The van der Waals surface area contributed by atoms with E-state index in [1.54, 1.807) is 0 Å². The number of thiazole rings is 2. The van der Waals surface area contributed by atoms with Gasteiger partial charge in [0.2, 0.25) is 5.78 Å². The van der Waals surface area contributed by atoms with Crippen molar-refractivity contribution < 1.29 is 4.79 Å². The minimum absolute atomic E-state index is 0.116. The second-order valence-corrected chi connectivity index (χ2v) is 6.85. The lowest BCUT2D eigenvalue weighted by Gasteiger charge is -1.95. The highest BCUT2D eigenvalue weighted by Crippen LogP contribution is 2.26. The third-order valence-corrected chi connectivity index (χ3v) is 5.22. The molecule has 0 amide bonds. The first-order valence-electron chi connectivity index (χ1n) is 7.38. The standard InChI is InChI=1S/C19H12N2OS2/c22-17(18-20-15(11-23-18)13-7-3-1-4-8-13)19-21-16(12-24-19)14-9-5-2-6-10-14/h1-12H. The molecule has 0 saturated heterocycles. The van der Waals surface area contributed by atoms with Crippen LogP contribution < -0.4 is 0 Å². The molecule has 4 aromatic rings. The Kier molecular flexibility index (Phi) is 4.02. The van der Waals surface area contributed by atoms with Gasteiger partial charge in [-0.1, -0.05) is 60.7 Å². The van der Waals surface area contributed by atoms with E-state index in [9.17, 15) is 4.79 Å². The quantitative estimate of drug-likeness (QED) is 0.478. The maximum absolute atomic E-state index is 12.6. The van der Waals surface area contributed by atoms with Gasteiger partial charge in [-0.15, -0.1) is 22.7 Å². The number of aromatic nitrogens is 2. The van der Waals surface area contributed by atoms with E-state index in [0.717, 1.165) is 22.5 Å². The van der Waals surface area contributed by atoms with Crippen molar-refractivity contribution in [3.63, 3.8) is 0 Å². The zero-order valence-corrected chi connectivity index (χ0v) is 14.2. The maximum Gasteiger partial charge on any atom is 0.250 e. The minimum atomic E-state index is -0.116. The number of rotatable bonds is 4. The van der Waals surface area contributed by atoms with Gasteiger partial charge in [-0.3, -0.25) is 4.79 Å². The van der Waals surface area contributed by atoms with Crippen LogP contribution in [-0.2, 0) is 0 Å². The highest BCUT2D eigenvalue weighted by Gasteiger charge is 2.18. The molecule has 0 radical (unpaired) electrons. The summed E-state index contributed by atoms with van der Waals surface area (Å²) in [6, 6.07) is 19.7. The van der Waals surface area contributed by atoms with E-state index < -0.39 is 0 Å². The molecule has 0 aliphatic heterocycles. The molecule has 4 rings (SSSR count). The molecule has 0 bridgehead atoms. The van der Waals surface area contributed by atoms with Crippen LogP contribution in [0.2, 0.25) is 0 Å². The van der Waals surface area contributed by atoms with Crippen LogP contribution in [0.15, 0.2) is 71.4 Å². The summed E-state index contributed by atoms with van der Waals surface area (Å²) in [6.45, 7) is 0. The van der Waals surface area contributed by atoms with E-state index >= 15 is 0 Å². The van der Waals surface area contributed by atoms with Gasteiger partial charge in [0.05, 0.1) is 11.4 Å². The van der Waals surface area contributed by atoms with Crippen molar-refractivity contribution in [3.05, 3.63) is 81.4 Å². The Morgan fingerprint density at radius 3 is 1.50 bits per heavy atom. The zero-order valence-electron chi connectivity index (χ0n) is 12.5. The third kappa shape index (κ3) is 2.91. The van der Waals surface area contributed by atoms with Crippen molar-refractivity contribution in [2.75, 3.05) is 0 Å². The summed E-state index contributed by atoms with van der Waals surface area (Å²) < 4.78 is 0. The molecular weight excluding hydrogens is 336 g/mol. The van der Waals surface area contributed by atoms with Gasteiger partial charge in [0.25, 0.3) is 0 Å². The second kappa shape index (κ2) is 6.47. The molecule has 0 aliphatic carbocycles. The molecule has 0 aliphatic rings. The Morgan fingerprint density at radius 2 is 1.08 bits per heavy atom. The highest BCUT2D eigenvalue weighted by atomic mass is 32.1. The van der Waals surface area contributed by atoms with Crippen LogP contribution in [0.4, 0.5) is 0 Å². The Morgan fingerprint density at radius 1 is 0.667 bits per heavy atom. The van der Waals surface area contributed by atoms with Gasteiger partial charge in [0, 0.05) is 21.9 Å². The van der Waals surface area contributed by atoms with E-state index in [-0.39, 0.29) is 5.78 Å². The summed E-state index contributed by atoms with van der Waals surface area (Å²) >= 11 is 2.72. The lowest BCUT2D eigenvalue weighted by molar-refractivity contribution is 0.103. The number of ketones is 1. The monoisotopic (exact) mass is 348 g/mol. The molecule has 0 fully saturated rings. The van der Waals surface area contributed by atoms with Crippen LogP contribution >= 0.6 is 22.7 Å². The van der Waals surface area contributed by atoms with Crippen LogP contribution in [0.1, 0.15) is 14.8 Å². The Bertz CT molecular complexity index is 895. The van der Waals surface area contributed by atoms with Gasteiger partial charge < -0.3 is 0 Å². The van der Waals surface area contributed by atoms with Crippen LogP contribution in [0.5, 0.6) is 0 Å². The fraction of sp³-hybridized carbons (Fsp3) is 0. The number of nitrogens with zero attached hydrogens (tertiary/aromatic N) is 2. The topological polar surface area (TPSA) is 42.9 Å². The van der Waals surface area contributed by atoms with Crippen molar-refractivity contribution in [1.29, 1.82) is 0 Å². The molecule has 2 aromatic heterocycles. The molecule has 5 heteroatoms. The molecule has 0 saturated carbocycles. The fourth-order valence-electron chi connectivity index (χ4n) is 2.33. The van der Waals surface area contributed by atoms with Crippen LogP contribution in [0, 0.1) is 0 Å². The summed E-state index contributed by atoms with van der Waals surface area (Å²) in [7, 11) is 0. The summed E-state index contributed by atoms with van der Waals surface area (Å²) in [6.07, 6.45) is 0. The molecule has 3 nitrogen and oxygen atoms in total. The zero-order chi connectivity index (χ0) is 16.4. The molecule has 0 unspecified atom stereocenters. The lowest BCUT2D eigenvalue weighted by Crippen LogP contribution is -2.00. The van der Waals surface area contributed by atoms with E-state index in [1.165, 1.54) is 22.7 Å². The molecular formula is C19H12N2OS2. The number of carbonyl (C=O) groups is 1. The third-order valence-electron chi connectivity index (χ3n) is 3.54. The van der Waals surface area contributed by atoms with Gasteiger partial charge in [0.15, 0.2) is 10.0 Å². The normalized spacial score (nSPS) is 10.7. The Hall–Kier alpha value is -2.63. The molecule has 2 heterocycles. The van der Waals surface area contributed by atoms with Crippen LogP contribution in [-0.4, -0.2) is 15.8 Å². The summed E-state index contributed by atoms with van der Waals surface area (Å²) in [5.74, 6) is -0.116. The minimum Gasteiger partial charge on any atom is -0.283 e. The van der Waals surface area contributed by atoms with Gasteiger partial charge in [-0.2, -0.15) is 0 Å². The summed E-state index contributed by atoms with van der Waals surface area (Å²) in [4.78, 5) is 21.6. The molecule has 2 aromatic carbocycles. The van der Waals surface area contributed by atoms with Gasteiger partial charge >= 0.3 is 0 Å². The Balaban J connectivity index is 1.61. The average Bonchev–Trinajstić information content (AvgIpc) is 3.33. The smallest absolute Gasteiger partial charge is 0.250 e. The predicted octanol–water partition coefficient (Wildman–Crippen LogP) is 5.16. The SMILES string of the molecule is O=C(c1nc(-c2ccccc2)cs1)c1nc(-c2ccccc2)cs1. The van der Waals surface area contributed by atoms with Gasteiger partial charge in [-0.05, 0) is 0 Å². The maximum atomic E-state index is 12.6. The number of hydrogen-bond donors (Lipinski definition) is 0. The van der Waals surface area contributed by atoms with Crippen molar-refractivity contribution >= 4 is 28.5 Å². The second-order valence-electron chi connectivity index (χ2n) is 5.14. The van der Waals surface area contributed by atoms with E-state index in [2.05, 4.69) is 9.97 Å². The number of carbonyl (C=O) groups excluding carboxylic acids is 1. The van der Waals surface area contributed by atoms with Crippen molar-refractivity contribution in [1.82, 2.24) is 9.97 Å². The summed E-state index contributed by atoms with van der Waals surface area (Å²) in [5.41, 5.74) is 3.67. The molecule has 24 heavy (non-hydrogen) atoms. The van der Waals surface area contributed by atoms with Crippen LogP contribution in [0.25, 0.3) is 22.5 Å². The molecule has 0 atom stereocenters. The van der Waals surface area contributed by atoms with E-state index in [1.807, 2.05) is 71.4 Å². The van der Waals surface area contributed by atoms with Crippen LogP contribution in [0.3, 0.4) is 0 Å². The first kappa shape index (κ1) is 14.9.